The molecule has 1 saturated heterocycles. The van der Waals surface area contributed by atoms with Crippen molar-refractivity contribution in [3.8, 4) is 5.75 Å². The van der Waals surface area contributed by atoms with Crippen molar-refractivity contribution in [2.75, 3.05) is 23.9 Å². The maximum absolute atomic E-state index is 13.2. The predicted octanol–water partition coefficient (Wildman–Crippen LogP) is 4.27. The standard InChI is InChI=1S/C20H18ClFN2O3/c1-27-18-12-14(6-8-17(18)24-10-2-3-20(24)26)23-19(25)9-5-13-4-7-16(22)15(21)11-13/h4-9,11-12H,2-3,10H2,1H3,(H,23,25)/b9-5+. The van der Waals surface area contributed by atoms with Crippen molar-refractivity contribution in [1.82, 2.24) is 0 Å². The van der Waals surface area contributed by atoms with Crippen LogP contribution in [0.25, 0.3) is 6.08 Å². The number of carbonyl (C=O) groups is 2. The Balaban J connectivity index is 1.71. The van der Waals surface area contributed by atoms with Gasteiger partial charge in [0.15, 0.2) is 0 Å². The second kappa shape index (κ2) is 8.22. The quantitative estimate of drug-likeness (QED) is 0.778. The number of nitrogens with one attached hydrogen (secondary N) is 1. The lowest BCUT2D eigenvalue weighted by atomic mass is 10.2. The number of amides is 2. The highest BCUT2D eigenvalue weighted by atomic mass is 35.5. The number of rotatable bonds is 5. The van der Waals surface area contributed by atoms with Gasteiger partial charge in [-0.2, -0.15) is 0 Å². The Hall–Kier alpha value is -2.86. The molecule has 27 heavy (non-hydrogen) atoms. The first-order valence-electron chi connectivity index (χ1n) is 8.40. The van der Waals surface area contributed by atoms with Crippen LogP contribution in [0.2, 0.25) is 5.02 Å². The van der Waals surface area contributed by atoms with Crippen molar-refractivity contribution in [2.45, 2.75) is 12.8 Å². The molecule has 2 aromatic rings. The molecule has 2 amide bonds. The average Bonchev–Trinajstić information content (AvgIpc) is 3.08. The number of ether oxygens (including phenoxy) is 1. The highest BCUT2D eigenvalue weighted by molar-refractivity contribution is 6.30. The Labute approximate surface area is 161 Å². The molecule has 0 aromatic heterocycles. The molecule has 3 rings (SSSR count). The number of nitrogens with zero attached hydrogens (tertiary/aromatic N) is 1. The zero-order chi connectivity index (χ0) is 19.4. The number of hydrogen-bond donors (Lipinski definition) is 1. The third kappa shape index (κ3) is 4.46. The first-order chi connectivity index (χ1) is 13.0. The Bertz CT molecular complexity index is 914. The van der Waals surface area contributed by atoms with E-state index in [4.69, 9.17) is 16.3 Å². The zero-order valence-corrected chi connectivity index (χ0v) is 15.4. The molecule has 0 bridgehead atoms. The van der Waals surface area contributed by atoms with E-state index in [0.29, 0.717) is 35.7 Å². The van der Waals surface area contributed by atoms with Crippen LogP contribution in [0.3, 0.4) is 0 Å². The van der Waals surface area contributed by atoms with Gasteiger partial charge in [-0.25, -0.2) is 4.39 Å². The molecule has 0 aliphatic carbocycles. The largest absolute Gasteiger partial charge is 0.494 e. The van der Waals surface area contributed by atoms with Crippen molar-refractivity contribution in [3.05, 3.63) is 58.9 Å². The molecule has 1 N–H and O–H groups in total. The summed E-state index contributed by atoms with van der Waals surface area (Å²) in [6, 6.07) is 9.33. The Morgan fingerprint density at radius 1 is 1.30 bits per heavy atom. The normalized spacial score (nSPS) is 14.0. The van der Waals surface area contributed by atoms with Gasteiger partial charge in [0.1, 0.15) is 11.6 Å². The fraction of sp³-hybridized carbons (Fsp3) is 0.200. The molecule has 0 spiro atoms. The first-order valence-corrected chi connectivity index (χ1v) is 8.78. The predicted molar refractivity (Wildman–Crippen MR) is 104 cm³/mol. The molecule has 1 aliphatic rings. The fourth-order valence-corrected chi connectivity index (χ4v) is 3.04. The van der Waals surface area contributed by atoms with Crippen molar-refractivity contribution >= 4 is 40.9 Å². The van der Waals surface area contributed by atoms with Gasteiger partial charge in [-0.05, 0) is 42.3 Å². The van der Waals surface area contributed by atoms with Gasteiger partial charge < -0.3 is 15.0 Å². The highest BCUT2D eigenvalue weighted by Crippen LogP contribution is 2.33. The molecule has 140 valence electrons. The van der Waals surface area contributed by atoms with E-state index in [2.05, 4.69) is 5.32 Å². The Morgan fingerprint density at radius 3 is 2.78 bits per heavy atom. The van der Waals surface area contributed by atoms with Gasteiger partial charge in [0.2, 0.25) is 11.8 Å². The van der Waals surface area contributed by atoms with E-state index in [1.807, 2.05) is 0 Å². The minimum atomic E-state index is -0.512. The second-order valence-electron chi connectivity index (χ2n) is 6.03. The SMILES string of the molecule is COc1cc(NC(=O)/C=C/c2ccc(F)c(Cl)c2)ccc1N1CCCC1=O. The van der Waals surface area contributed by atoms with Crippen LogP contribution in [0, 0.1) is 5.82 Å². The Kier molecular flexibility index (Phi) is 5.76. The third-order valence-corrected chi connectivity index (χ3v) is 4.47. The van der Waals surface area contributed by atoms with E-state index in [1.165, 1.54) is 37.5 Å². The number of halogens is 2. The lowest BCUT2D eigenvalue weighted by Crippen LogP contribution is -2.24. The van der Waals surface area contributed by atoms with E-state index in [-0.39, 0.29) is 16.8 Å². The van der Waals surface area contributed by atoms with E-state index in [9.17, 15) is 14.0 Å². The molecule has 1 fully saturated rings. The van der Waals surface area contributed by atoms with Crippen molar-refractivity contribution in [1.29, 1.82) is 0 Å². The van der Waals surface area contributed by atoms with Crippen LogP contribution in [0.4, 0.5) is 15.8 Å². The number of carbonyl (C=O) groups excluding carboxylic acids is 2. The third-order valence-electron chi connectivity index (χ3n) is 4.18. The minimum absolute atomic E-state index is 0.00524. The monoisotopic (exact) mass is 388 g/mol. The smallest absolute Gasteiger partial charge is 0.248 e. The number of anilines is 2. The maximum Gasteiger partial charge on any atom is 0.248 e. The molecule has 1 aliphatic heterocycles. The molecule has 2 aromatic carbocycles. The number of benzene rings is 2. The van der Waals surface area contributed by atoms with Crippen LogP contribution < -0.4 is 15.0 Å². The lowest BCUT2D eigenvalue weighted by Gasteiger charge is -2.19. The van der Waals surface area contributed by atoms with Crippen LogP contribution in [0.15, 0.2) is 42.5 Å². The molecule has 0 atom stereocenters. The highest BCUT2D eigenvalue weighted by Gasteiger charge is 2.24. The van der Waals surface area contributed by atoms with Gasteiger partial charge in [0, 0.05) is 30.8 Å². The van der Waals surface area contributed by atoms with E-state index >= 15 is 0 Å². The summed E-state index contributed by atoms with van der Waals surface area (Å²) in [6.07, 6.45) is 4.21. The minimum Gasteiger partial charge on any atom is -0.494 e. The van der Waals surface area contributed by atoms with Crippen molar-refractivity contribution < 1.29 is 18.7 Å². The van der Waals surface area contributed by atoms with E-state index in [1.54, 1.807) is 23.1 Å². The Morgan fingerprint density at radius 2 is 2.11 bits per heavy atom. The second-order valence-corrected chi connectivity index (χ2v) is 6.44. The van der Waals surface area contributed by atoms with Gasteiger partial charge in [-0.3, -0.25) is 9.59 Å². The van der Waals surface area contributed by atoms with Crippen LogP contribution in [-0.4, -0.2) is 25.5 Å². The summed E-state index contributed by atoms with van der Waals surface area (Å²) in [7, 11) is 1.52. The summed E-state index contributed by atoms with van der Waals surface area (Å²) in [6.45, 7) is 0.657. The number of methoxy groups -OCH3 is 1. The molecular formula is C20H18ClFN2O3. The molecule has 0 radical (unpaired) electrons. The molecule has 0 saturated carbocycles. The maximum atomic E-state index is 13.2. The molecule has 5 nitrogen and oxygen atoms in total. The molecular weight excluding hydrogens is 371 g/mol. The van der Waals surface area contributed by atoms with Crippen LogP contribution in [0.1, 0.15) is 18.4 Å². The first kappa shape index (κ1) is 18.9. The molecule has 7 heteroatoms. The lowest BCUT2D eigenvalue weighted by molar-refractivity contribution is -0.117. The summed E-state index contributed by atoms with van der Waals surface area (Å²) in [5.74, 6) is -0.298. The van der Waals surface area contributed by atoms with Crippen LogP contribution >= 0.6 is 11.6 Å². The fourth-order valence-electron chi connectivity index (χ4n) is 2.85. The van der Waals surface area contributed by atoms with Gasteiger partial charge in [-0.1, -0.05) is 17.7 Å². The van der Waals surface area contributed by atoms with E-state index in [0.717, 1.165) is 6.42 Å². The molecule has 1 heterocycles. The number of hydrogen-bond acceptors (Lipinski definition) is 3. The zero-order valence-electron chi connectivity index (χ0n) is 14.7. The van der Waals surface area contributed by atoms with Gasteiger partial charge in [-0.15, -0.1) is 0 Å². The summed E-state index contributed by atoms with van der Waals surface area (Å²) >= 11 is 5.72. The molecule has 0 unspecified atom stereocenters. The van der Waals surface area contributed by atoms with Crippen molar-refractivity contribution in [3.63, 3.8) is 0 Å². The summed E-state index contributed by atoms with van der Waals surface area (Å²) in [5.41, 5.74) is 1.83. The van der Waals surface area contributed by atoms with Crippen molar-refractivity contribution in [2.24, 2.45) is 0 Å². The summed E-state index contributed by atoms with van der Waals surface area (Å²) in [5, 5.41) is 2.72. The van der Waals surface area contributed by atoms with Gasteiger partial charge >= 0.3 is 0 Å². The van der Waals surface area contributed by atoms with Gasteiger partial charge in [0.25, 0.3) is 0 Å². The topological polar surface area (TPSA) is 58.6 Å². The van der Waals surface area contributed by atoms with Gasteiger partial charge in [0.05, 0.1) is 17.8 Å². The van der Waals surface area contributed by atoms with Crippen LogP contribution in [0.5, 0.6) is 5.75 Å². The van der Waals surface area contributed by atoms with E-state index < -0.39 is 5.82 Å². The van der Waals surface area contributed by atoms with Crippen LogP contribution in [-0.2, 0) is 9.59 Å². The summed E-state index contributed by atoms with van der Waals surface area (Å²) in [4.78, 5) is 25.7. The summed E-state index contributed by atoms with van der Waals surface area (Å²) < 4.78 is 18.5. The average molecular weight is 389 g/mol.